The van der Waals surface area contributed by atoms with Crippen LogP contribution in [0.1, 0.15) is 29.6 Å². The second kappa shape index (κ2) is 3.55. The standard InChI is InChI=1S/C10H12N4OS/c1-5-11-7(4-16-5)8-9(15)14-10(13-8)12-6-2-3-6/h4,6,8H,2-3H2,1H3,(H2,12,13,14,15). The predicted octanol–water partition coefficient (Wildman–Crippen LogP) is 0.730. The molecule has 2 heterocycles. The first-order chi connectivity index (χ1) is 7.72. The lowest BCUT2D eigenvalue weighted by molar-refractivity contribution is -0.120. The second-order valence-electron chi connectivity index (χ2n) is 4.08. The van der Waals surface area contributed by atoms with Crippen molar-refractivity contribution in [2.24, 2.45) is 4.99 Å². The molecule has 1 saturated carbocycles. The third-order valence-electron chi connectivity index (χ3n) is 2.58. The highest BCUT2D eigenvalue weighted by Gasteiger charge is 2.32. The van der Waals surface area contributed by atoms with Crippen LogP contribution in [0, 0.1) is 6.92 Å². The Morgan fingerprint density at radius 2 is 2.38 bits per heavy atom. The molecule has 6 heteroatoms. The maximum Gasteiger partial charge on any atom is 0.257 e. The van der Waals surface area contributed by atoms with Crippen LogP contribution in [0.5, 0.6) is 0 Å². The lowest BCUT2D eigenvalue weighted by atomic mass is 10.2. The summed E-state index contributed by atoms with van der Waals surface area (Å²) in [5, 5.41) is 8.78. The highest BCUT2D eigenvalue weighted by molar-refractivity contribution is 7.09. The number of hydrogen-bond donors (Lipinski definition) is 2. The van der Waals surface area contributed by atoms with E-state index in [2.05, 4.69) is 20.6 Å². The fourth-order valence-electron chi connectivity index (χ4n) is 1.61. The monoisotopic (exact) mass is 236 g/mol. The quantitative estimate of drug-likeness (QED) is 0.795. The number of carbonyl (C=O) groups is 1. The molecule has 1 aliphatic carbocycles. The van der Waals surface area contributed by atoms with Crippen molar-refractivity contribution in [3.8, 4) is 0 Å². The molecule has 1 aromatic heterocycles. The van der Waals surface area contributed by atoms with Crippen LogP contribution in [-0.4, -0.2) is 22.9 Å². The Morgan fingerprint density at radius 3 is 3.00 bits per heavy atom. The van der Waals surface area contributed by atoms with E-state index < -0.39 is 6.04 Å². The van der Waals surface area contributed by atoms with E-state index in [0.717, 1.165) is 23.5 Å². The van der Waals surface area contributed by atoms with Gasteiger partial charge in [-0.3, -0.25) is 10.1 Å². The zero-order valence-electron chi connectivity index (χ0n) is 8.86. The minimum absolute atomic E-state index is 0.0894. The third-order valence-corrected chi connectivity index (χ3v) is 3.38. The van der Waals surface area contributed by atoms with Crippen LogP contribution in [0.2, 0.25) is 0 Å². The van der Waals surface area contributed by atoms with Gasteiger partial charge in [0.2, 0.25) is 0 Å². The van der Waals surface area contributed by atoms with Crippen LogP contribution in [0.4, 0.5) is 0 Å². The topological polar surface area (TPSA) is 66.4 Å². The van der Waals surface area contributed by atoms with E-state index >= 15 is 0 Å². The molecule has 2 N–H and O–H groups in total. The molecule has 1 aromatic rings. The average molecular weight is 236 g/mol. The van der Waals surface area contributed by atoms with Crippen molar-refractivity contribution in [3.05, 3.63) is 16.1 Å². The minimum atomic E-state index is -0.466. The molecule has 16 heavy (non-hydrogen) atoms. The number of hydrogen-bond acceptors (Lipinski definition) is 5. The van der Waals surface area contributed by atoms with Crippen LogP contribution in [0.3, 0.4) is 0 Å². The van der Waals surface area contributed by atoms with Crippen molar-refractivity contribution in [3.63, 3.8) is 0 Å². The predicted molar refractivity (Wildman–Crippen MR) is 61.3 cm³/mol. The third kappa shape index (κ3) is 1.80. The van der Waals surface area contributed by atoms with Gasteiger partial charge in [-0.15, -0.1) is 11.3 Å². The van der Waals surface area contributed by atoms with Crippen molar-refractivity contribution in [1.82, 2.24) is 15.6 Å². The molecule has 1 unspecified atom stereocenters. The molecule has 1 amide bonds. The highest BCUT2D eigenvalue weighted by atomic mass is 32.1. The Morgan fingerprint density at radius 1 is 1.56 bits per heavy atom. The first kappa shape index (κ1) is 9.77. The van der Waals surface area contributed by atoms with Crippen LogP contribution in [-0.2, 0) is 4.79 Å². The second-order valence-corrected chi connectivity index (χ2v) is 5.14. The minimum Gasteiger partial charge on any atom is -0.353 e. The molecule has 0 saturated heterocycles. The summed E-state index contributed by atoms with van der Waals surface area (Å²) >= 11 is 1.54. The van der Waals surface area contributed by atoms with Gasteiger partial charge in [-0.25, -0.2) is 9.98 Å². The summed E-state index contributed by atoms with van der Waals surface area (Å²) in [6.07, 6.45) is 2.32. The van der Waals surface area contributed by atoms with E-state index in [1.165, 1.54) is 11.3 Å². The molecule has 0 spiro atoms. The lowest BCUT2D eigenvalue weighted by Gasteiger charge is -2.00. The van der Waals surface area contributed by atoms with E-state index in [4.69, 9.17) is 0 Å². The van der Waals surface area contributed by atoms with Gasteiger partial charge in [0.15, 0.2) is 12.0 Å². The Kier molecular flexibility index (Phi) is 2.17. The molecule has 84 valence electrons. The molecule has 1 fully saturated rings. The molecule has 3 rings (SSSR count). The summed E-state index contributed by atoms with van der Waals surface area (Å²) < 4.78 is 0. The largest absolute Gasteiger partial charge is 0.353 e. The molecule has 5 nitrogen and oxygen atoms in total. The van der Waals surface area contributed by atoms with Crippen molar-refractivity contribution in [1.29, 1.82) is 0 Å². The molecular weight excluding hydrogens is 224 g/mol. The number of thiazole rings is 1. The first-order valence-corrected chi connectivity index (χ1v) is 6.17. The van der Waals surface area contributed by atoms with Gasteiger partial charge in [0.25, 0.3) is 5.91 Å². The van der Waals surface area contributed by atoms with Crippen molar-refractivity contribution < 1.29 is 4.79 Å². The Bertz CT molecular complexity index is 463. The number of aromatic nitrogens is 1. The molecule has 2 aliphatic rings. The normalized spacial score (nSPS) is 24.2. The fraction of sp³-hybridized carbons (Fsp3) is 0.500. The Balaban J connectivity index is 1.79. The van der Waals surface area contributed by atoms with Crippen molar-refractivity contribution >= 4 is 23.2 Å². The lowest BCUT2D eigenvalue weighted by Crippen LogP contribution is -2.37. The first-order valence-electron chi connectivity index (χ1n) is 5.29. The van der Waals surface area contributed by atoms with E-state index in [1.54, 1.807) is 0 Å². The number of carbonyl (C=O) groups excluding carboxylic acids is 1. The number of nitrogens with zero attached hydrogens (tertiary/aromatic N) is 2. The maximum absolute atomic E-state index is 11.7. The van der Waals surface area contributed by atoms with Crippen LogP contribution < -0.4 is 10.6 Å². The summed E-state index contributed by atoms with van der Waals surface area (Å²) in [5.74, 6) is 0.511. The zero-order valence-corrected chi connectivity index (χ0v) is 9.67. The molecule has 0 aromatic carbocycles. The van der Waals surface area contributed by atoms with Gasteiger partial charge in [0.1, 0.15) is 0 Å². The number of amides is 1. The SMILES string of the molecule is Cc1nc(C2N=C(NC3CC3)NC2=O)cs1. The Labute approximate surface area is 97.0 Å². The Hall–Kier alpha value is -1.43. The number of aliphatic imine (C=N–C) groups is 1. The summed E-state index contributed by atoms with van der Waals surface area (Å²) in [6, 6.07) is 0.0289. The number of nitrogens with one attached hydrogen (secondary N) is 2. The molecule has 0 bridgehead atoms. The number of rotatable bonds is 2. The summed E-state index contributed by atoms with van der Waals surface area (Å²) in [7, 11) is 0. The van der Waals surface area contributed by atoms with E-state index in [1.807, 2.05) is 12.3 Å². The van der Waals surface area contributed by atoms with Crippen LogP contribution in [0.25, 0.3) is 0 Å². The van der Waals surface area contributed by atoms with Gasteiger partial charge >= 0.3 is 0 Å². The van der Waals surface area contributed by atoms with E-state index in [0.29, 0.717) is 12.0 Å². The maximum atomic E-state index is 11.7. The zero-order chi connectivity index (χ0) is 11.1. The fourth-order valence-corrected chi connectivity index (χ4v) is 2.24. The smallest absolute Gasteiger partial charge is 0.257 e. The van der Waals surface area contributed by atoms with Crippen LogP contribution >= 0.6 is 11.3 Å². The van der Waals surface area contributed by atoms with Gasteiger partial charge in [-0.05, 0) is 19.8 Å². The van der Waals surface area contributed by atoms with Crippen LogP contribution in [0.15, 0.2) is 10.4 Å². The van der Waals surface area contributed by atoms with E-state index in [9.17, 15) is 4.79 Å². The van der Waals surface area contributed by atoms with Gasteiger partial charge in [0, 0.05) is 11.4 Å². The van der Waals surface area contributed by atoms with Gasteiger partial charge in [-0.2, -0.15) is 0 Å². The van der Waals surface area contributed by atoms with E-state index in [-0.39, 0.29) is 5.91 Å². The average Bonchev–Trinajstić information content (AvgIpc) is 2.82. The number of aryl methyl sites for hydroxylation is 1. The molecule has 1 atom stereocenters. The number of guanidine groups is 1. The van der Waals surface area contributed by atoms with Gasteiger partial charge in [-0.1, -0.05) is 0 Å². The van der Waals surface area contributed by atoms with Gasteiger partial charge in [0.05, 0.1) is 10.7 Å². The molecule has 1 aliphatic heterocycles. The molecular formula is C10H12N4OS. The van der Waals surface area contributed by atoms with Gasteiger partial charge < -0.3 is 5.32 Å². The highest BCUT2D eigenvalue weighted by Crippen LogP contribution is 2.24. The van der Waals surface area contributed by atoms with Crippen molar-refractivity contribution in [2.75, 3.05) is 0 Å². The van der Waals surface area contributed by atoms with Crippen molar-refractivity contribution in [2.45, 2.75) is 31.8 Å². The summed E-state index contributed by atoms with van der Waals surface area (Å²) in [5.41, 5.74) is 0.743. The summed E-state index contributed by atoms with van der Waals surface area (Å²) in [4.78, 5) is 20.3. The molecule has 0 radical (unpaired) electrons. The summed E-state index contributed by atoms with van der Waals surface area (Å²) in [6.45, 7) is 1.92.